The van der Waals surface area contributed by atoms with E-state index in [2.05, 4.69) is 16.9 Å². The molecule has 0 aliphatic carbocycles. The van der Waals surface area contributed by atoms with E-state index in [1.807, 2.05) is 16.8 Å². The molecule has 3 aromatic heterocycles. The second-order valence-electron chi connectivity index (χ2n) is 4.30. The van der Waals surface area contributed by atoms with Crippen molar-refractivity contribution in [3.63, 3.8) is 0 Å². The number of hydrogen-bond acceptors (Lipinski definition) is 5. The maximum absolute atomic E-state index is 12.2. The number of fused-ring (bicyclic) bond motifs is 1. The lowest BCUT2D eigenvalue weighted by molar-refractivity contribution is 0.730. The van der Waals surface area contributed by atoms with E-state index in [1.54, 1.807) is 22.2 Å². The topological polar surface area (TPSA) is 47.8 Å². The van der Waals surface area contributed by atoms with Crippen molar-refractivity contribution in [2.24, 2.45) is 0 Å². The van der Waals surface area contributed by atoms with Crippen molar-refractivity contribution in [3.05, 3.63) is 44.2 Å². The normalized spacial score (nSPS) is 11.2. The van der Waals surface area contributed by atoms with Crippen molar-refractivity contribution in [1.29, 1.82) is 0 Å². The van der Waals surface area contributed by atoms with Gasteiger partial charge in [0.1, 0.15) is 4.70 Å². The fourth-order valence-electron chi connectivity index (χ4n) is 1.92. The Morgan fingerprint density at radius 2 is 2.26 bits per heavy atom. The Hall–Kier alpha value is -1.53. The van der Waals surface area contributed by atoms with Gasteiger partial charge >= 0.3 is 0 Å². The summed E-state index contributed by atoms with van der Waals surface area (Å²) < 4.78 is 2.34. The van der Waals surface area contributed by atoms with Gasteiger partial charge in [0.25, 0.3) is 5.56 Å². The molecule has 0 radical (unpaired) electrons. The summed E-state index contributed by atoms with van der Waals surface area (Å²) >= 11 is 3.10. The highest BCUT2D eigenvalue weighted by Gasteiger charge is 2.07. The minimum atomic E-state index is 0.0186. The molecule has 3 rings (SSSR count). The zero-order valence-electron chi connectivity index (χ0n) is 10.5. The molecule has 98 valence electrons. The molecule has 0 saturated heterocycles. The molecule has 0 atom stereocenters. The number of hydrogen-bond donors (Lipinski definition) is 0. The van der Waals surface area contributed by atoms with Crippen molar-refractivity contribution >= 4 is 32.9 Å². The predicted octanol–water partition coefficient (Wildman–Crippen LogP) is 2.92. The lowest BCUT2D eigenvalue weighted by Gasteiger charge is -2.02. The molecular weight excluding hydrogens is 278 g/mol. The summed E-state index contributed by atoms with van der Waals surface area (Å²) in [6.45, 7) is 2.64. The van der Waals surface area contributed by atoms with Crippen molar-refractivity contribution in [1.82, 2.24) is 14.5 Å². The zero-order chi connectivity index (χ0) is 13.2. The van der Waals surface area contributed by atoms with E-state index in [4.69, 9.17) is 0 Å². The maximum atomic E-state index is 12.2. The number of rotatable bonds is 4. The molecule has 0 aromatic carbocycles. The highest BCUT2D eigenvalue weighted by molar-refractivity contribution is 7.17. The Bertz CT molecular complexity index is 756. The monoisotopic (exact) mass is 291 g/mol. The summed E-state index contributed by atoms with van der Waals surface area (Å²) in [5.41, 5.74) is 1.73. The molecule has 4 nitrogen and oxygen atoms in total. The Labute approximate surface area is 118 Å². The van der Waals surface area contributed by atoms with E-state index < -0.39 is 0 Å². The Morgan fingerprint density at radius 1 is 1.37 bits per heavy atom. The van der Waals surface area contributed by atoms with Crippen LogP contribution in [0.25, 0.3) is 10.2 Å². The van der Waals surface area contributed by atoms with Crippen molar-refractivity contribution in [3.8, 4) is 0 Å². The first-order valence-electron chi connectivity index (χ1n) is 6.14. The van der Waals surface area contributed by atoms with Gasteiger partial charge in [-0.15, -0.1) is 22.7 Å². The fraction of sp³-hybridized carbons (Fsp3) is 0.308. The van der Waals surface area contributed by atoms with Crippen LogP contribution in [-0.4, -0.2) is 14.5 Å². The standard InChI is InChI=1S/C13H13N3OS2/c1-2-3-11-15-9(7-19-11)6-16-8-14-10-4-5-18-12(10)13(16)17/h4-5,7-8H,2-3,6H2,1H3. The molecule has 0 spiro atoms. The van der Waals surface area contributed by atoms with Gasteiger partial charge in [-0.3, -0.25) is 9.36 Å². The molecule has 0 N–H and O–H groups in total. The highest BCUT2D eigenvalue weighted by Crippen LogP contribution is 2.15. The van der Waals surface area contributed by atoms with E-state index in [-0.39, 0.29) is 5.56 Å². The molecule has 3 heterocycles. The minimum Gasteiger partial charge on any atom is -0.292 e. The van der Waals surface area contributed by atoms with Gasteiger partial charge in [0.05, 0.1) is 29.1 Å². The summed E-state index contributed by atoms with van der Waals surface area (Å²) in [7, 11) is 0. The number of aryl methyl sites for hydroxylation is 1. The zero-order valence-corrected chi connectivity index (χ0v) is 12.1. The van der Waals surface area contributed by atoms with E-state index >= 15 is 0 Å². The third-order valence-electron chi connectivity index (χ3n) is 2.83. The highest BCUT2D eigenvalue weighted by atomic mass is 32.1. The molecule has 0 amide bonds. The van der Waals surface area contributed by atoms with Crippen LogP contribution >= 0.6 is 22.7 Å². The fourth-order valence-corrected chi connectivity index (χ4v) is 3.60. The minimum absolute atomic E-state index is 0.0186. The molecule has 19 heavy (non-hydrogen) atoms. The second-order valence-corrected chi connectivity index (χ2v) is 6.15. The summed E-state index contributed by atoms with van der Waals surface area (Å²) in [6.07, 6.45) is 3.70. The molecule has 0 saturated carbocycles. The van der Waals surface area contributed by atoms with Crippen LogP contribution in [0.3, 0.4) is 0 Å². The Kier molecular flexibility index (Phi) is 3.44. The third kappa shape index (κ3) is 2.46. The number of thiazole rings is 1. The molecule has 0 aliphatic heterocycles. The van der Waals surface area contributed by atoms with Crippen LogP contribution in [0.1, 0.15) is 24.0 Å². The molecule has 6 heteroatoms. The summed E-state index contributed by atoms with van der Waals surface area (Å²) in [6, 6.07) is 1.87. The van der Waals surface area contributed by atoms with Gasteiger partial charge in [-0.05, 0) is 24.3 Å². The second kappa shape index (κ2) is 5.22. The Morgan fingerprint density at radius 3 is 3.11 bits per heavy atom. The molecule has 0 fully saturated rings. The first-order chi connectivity index (χ1) is 9.28. The van der Waals surface area contributed by atoms with Crippen LogP contribution in [0.2, 0.25) is 0 Å². The molecule has 0 aliphatic rings. The lowest BCUT2D eigenvalue weighted by Crippen LogP contribution is -2.20. The SMILES string of the molecule is CCCc1nc(Cn2cnc3ccsc3c2=O)cs1. The summed E-state index contributed by atoms with van der Waals surface area (Å²) in [5.74, 6) is 0. The predicted molar refractivity (Wildman–Crippen MR) is 79.1 cm³/mol. The van der Waals surface area contributed by atoms with Crippen LogP contribution in [0.15, 0.2) is 27.9 Å². The summed E-state index contributed by atoms with van der Waals surface area (Å²) in [5, 5.41) is 5.05. The van der Waals surface area contributed by atoms with Gasteiger partial charge in [-0.1, -0.05) is 6.92 Å². The first kappa shape index (κ1) is 12.5. The largest absolute Gasteiger partial charge is 0.292 e. The van der Waals surface area contributed by atoms with Crippen LogP contribution in [-0.2, 0) is 13.0 Å². The van der Waals surface area contributed by atoms with Gasteiger partial charge in [0, 0.05) is 5.38 Å². The average molecular weight is 291 g/mol. The third-order valence-corrected chi connectivity index (χ3v) is 4.68. The van der Waals surface area contributed by atoms with Crippen LogP contribution in [0, 0.1) is 0 Å². The number of nitrogens with zero attached hydrogens (tertiary/aromatic N) is 3. The van der Waals surface area contributed by atoms with Crippen LogP contribution < -0.4 is 5.56 Å². The molecule has 0 bridgehead atoms. The average Bonchev–Trinajstić information content (AvgIpc) is 3.03. The van der Waals surface area contributed by atoms with Gasteiger partial charge in [-0.2, -0.15) is 0 Å². The quantitative estimate of drug-likeness (QED) is 0.742. The van der Waals surface area contributed by atoms with E-state index in [0.29, 0.717) is 11.2 Å². The van der Waals surface area contributed by atoms with E-state index in [9.17, 15) is 4.79 Å². The lowest BCUT2D eigenvalue weighted by atomic mass is 10.3. The van der Waals surface area contributed by atoms with Crippen LogP contribution in [0.4, 0.5) is 0 Å². The Balaban J connectivity index is 1.91. The maximum Gasteiger partial charge on any atom is 0.271 e. The van der Waals surface area contributed by atoms with Crippen molar-refractivity contribution < 1.29 is 0 Å². The number of thiophene rings is 1. The van der Waals surface area contributed by atoms with E-state index in [0.717, 1.165) is 29.1 Å². The summed E-state index contributed by atoms with van der Waals surface area (Å²) in [4.78, 5) is 21.1. The van der Waals surface area contributed by atoms with Crippen LogP contribution in [0.5, 0.6) is 0 Å². The van der Waals surface area contributed by atoms with Gasteiger partial charge in [0.2, 0.25) is 0 Å². The van der Waals surface area contributed by atoms with E-state index in [1.165, 1.54) is 11.3 Å². The number of aromatic nitrogens is 3. The van der Waals surface area contributed by atoms with Crippen molar-refractivity contribution in [2.45, 2.75) is 26.3 Å². The molecule has 3 aromatic rings. The van der Waals surface area contributed by atoms with Gasteiger partial charge < -0.3 is 0 Å². The van der Waals surface area contributed by atoms with Gasteiger partial charge in [0.15, 0.2) is 0 Å². The smallest absolute Gasteiger partial charge is 0.271 e. The first-order valence-corrected chi connectivity index (χ1v) is 7.90. The molecular formula is C13H13N3OS2. The van der Waals surface area contributed by atoms with Crippen molar-refractivity contribution in [2.75, 3.05) is 0 Å². The van der Waals surface area contributed by atoms with Gasteiger partial charge in [-0.25, -0.2) is 9.97 Å². The molecule has 0 unspecified atom stereocenters.